The molecule has 0 spiro atoms. The standard InChI is InChI=1S/C30H29N5S/c1-6-10-23(26-11-9-16-36-26)27-19(5)32-30(35-27)29-28-25(34-29)15-14-24(33-28)20(7-2)17-22(8-3)31-18(4)21-12-13-21/h6-11,14-17,21,31H,1,3-4,12-13H2,2,5H3,(H,32,35)/b20-7+,22-17+,23-10-. The molecule has 0 saturated heterocycles. The van der Waals surface area contributed by atoms with Gasteiger partial charge in [-0.1, -0.05) is 44.0 Å². The first kappa shape index (κ1) is 23.7. The zero-order valence-corrected chi connectivity index (χ0v) is 21.5. The minimum Gasteiger partial charge on any atom is -0.359 e. The minimum atomic E-state index is 0.569. The molecule has 1 saturated carbocycles. The molecule has 180 valence electrons. The highest BCUT2D eigenvalue weighted by atomic mass is 32.1. The summed E-state index contributed by atoms with van der Waals surface area (Å²) < 4.78 is 0. The van der Waals surface area contributed by atoms with Crippen molar-refractivity contribution in [3.63, 3.8) is 0 Å². The first-order valence-corrected chi connectivity index (χ1v) is 12.9. The number of imidazole rings is 1. The fourth-order valence-corrected chi connectivity index (χ4v) is 4.92. The van der Waals surface area contributed by atoms with Gasteiger partial charge in [-0.2, -0.15) is 0 Å². The predicted octanol–water partition coefficient (Wildman–Crippen LogP) is 7.26. The number of hydrogen-bond acceptors (Lipinski definition) is 5. The molecule has 0 radical (unpaired) electrons. The molecule has 1 fully saturated rings. The van der Waals surface area contributed by atoms with Gasteiger partial charge in [-0.15, -0.1) is 11.3 Å². The van der Waals surface area contributed by atoms with Gasteiger partial charge in [0.15, 0.2) is 5.82 Å². The highest BCUT2D eigenvalue weighted by Crippen LogP contribution is 2.36. The van der Waals surface area contributed by atoms with Crippen molar-refractivity contribution >= 4 is 33.9 Å². The average Bonchev–Trinajstić information content (AvgIpc) is 3.46. The van der Waals surface area contributed by atoms with E-state index < -0.39 is 0 Å². The summed E-state index contributed by atoms with van der Waals surface area (Å²) in [6.45, 7) is 16.1. The van der Waals surface area contributed by atoms with Crippen molar-refractivity contribution in [3.8, 4) is 0 Å². The van der Waals surface area contributed by atoms with Gasteiger partial charge in [0.1, 0.15) is 11.4 Å². The number of nitrogens with one attached hydrogen (secondary N) is 2. The van der Waals surface area contributed by atoms with Crippen LogP contribution in [0.1, 0.15) is 53.2 Å². The van der Waals surface area contributed by atoms with Crippen LogP contribution < -0.4 is 5.32 Å². The maximum Gasteiger partial charge on any atom is 0.159 e. The Bertz CT molecular complexity index is 1470. The lowest BCUT2D eigenvalue weighted by Gasteiger charge is -2.17. The molecular weight excluding hydrogens is 462 g/mol. The molecule has 2 N–H and O–H groups in total. The molecule has 1 aliphatic carbocycles. The SMILES string of the molecule is C=C/C=C(/c1cccs1)c1nc(C2=Nc3ccc(C(/C=C(\C=C)NC(=C)C4CC4)=C/C)nc32)[nH]c1C. The third-order valence-corrected chi connectivity index (χ3v) is 7.18. The molecule has 4 heterocycles. The molecule has 0 atom stereocenters. The Hall–Kier alpha value is -4.03. The van der Waals surface area contributed by atoms with E-state index in [1.54, 1.807) is 17.4 Å². The molecule has 2 aliphatic rings. The second-order valence-corrected chi connectivity index (χ2v) is 9.80. The summed E-state index contributed by atoms with van der Waals surface area (Å²) in [7, 11) is 0. The second kappa shape index (κ2) is 9.91. The van der Waals surface area contributed by atoms with Crippen LogP contribution in [0, 0.1) is 12.8 Å². The van der Waals surface area contributed by atoms with E-state index >= 15 is 0 Å². The molecule has 0 amide bonds. The number of rotatable bonds is 10. The van der Waals surface area contributed by atoms with E-state index in [2.05, 4.69) is 53.6 Å². The van der Waals surface area contributed by atoms with E-state index in [0.717, 1.165) is 67.4 Å². The molecule has 0 aromatic carbocycles. The summed E-state index contributed by atoms with van der Waals surface area (Å²) >= 11 is 1.68. The van der Waals surface area contributed by atoms with Crippen molar-refractivity contribution in [2.45, 2.75) is 26.7 Å². The third kappa shape index (κ3) is 4.60. The zero-order valence-electron chi connectivity index (χ0n) is 20.6. The van der Waals surface area contributed by atoms with Gasteiger partial charge in [0, 0.05) is 27.5 Å². The van der Waals surface area contributed by atoms with Crippen LogP contribution in [-0.2, 0) is 0 Å². The number of aryl methyl sites for hydroxylation is 1. The van der Waals surface area contributed by atoms with E-state index in [0.29, 0.717) is 5.92 Å². The fourth-order valence-electron chi connectivity index (χ4n) is 4.16. The number of H-pyrrole nitrogens is 1. The maximum atomic E-state index is 4.96. The zero-order chi connectivity index (χ0) is 25.2. The summed E-state index contributed by atoms with van der Waals surface area (Å²) in [5.74, 6) is 1.29. The van der Waals surface area contributed by atoms with Crippen molar-refractivity contribution in [2.75, 3.05) is 0 Å². The number of hydrogen-bond donors (Lipinski definition) is 2. The third-order valence-electron chi connectivity index (χ3n) is 6.28. The largest absolute Gasteiger partial charge is 0.359 e. The van der Waals surface area contributed by atoms with Crippen molar-refractivity contribution in [3.05, 3.63) is 125 Å². The van der Waals surface area contributed by atoms with Crippen LogP contribution in [0.3, 0.4) is 0 Å². The lowest BCUT2D eigenvalue weighted by atomic mass is 10.0. The quantitative estimate of drug-likeness (QED) is 0.229. The number of fused-ring (bicyclic) bond motifs is 1. The van der Waals surface area contributed by atoms with Gasteiger partial charge in [-0.3, -0.25) is 0 Å². The molecular formula is C30H29N5S. The Morgan fingerprint density at radius 3 is 2.69 bits per heavy atom. The second-order valence-electron chi connectivity index (χ2n) is 8.85. The van der Waals surface area contributed by atoms with Gasteiger partial charge < -0.3 is 10.3 Å². The van der Waals surface area contributed by atoms with E-state index in [9.17, 15) is 0 Å². The van der Waals surface area contributed by atoms with Gasteiger partial charge >= 0.3 is 0 Å². The fraction of sp³-hybridized carbons (Fsp3) is 0.167. The Balaban J connectivity index is 1.42. The molecule has 3 aromatic heterocycles. The Kier molecular flexibility index (Phi) is 6.53. The van der Waals surface area contributed by atoms with Crippen molar-refractivity contribution in [2.24, 2.45) is 10.9 Å². The van der Waals surface area contributed by atoms with Gasteiger partial charge in [0.25, 0.3) is 0 Å². The highest BCUT2D eigenvalue weighted by Gasteiger charge is 2.27. The molecule has 0 unspecified atom stereocenters. The van der Waals surface area contributed by atoms with Gasteiger partial charge in [-0.25, -0.2) is 15.0 Å². The number of aliphatic imine (C=N–C) groups is 1. The van der Waals surface area contributed by atoms with E-state index in [-0.39, 0.29) is 0 Å². The van der Waals surface area contributed by atoms with Crippen LogP contribution in [0.5, 0.6) is 0 Å². The summed E-state index contributed by atoms with van der Waals surface area (Å²) in [5.41, 5.74) is 9.25. The van der Waals surface area contributed by atoms with Gasteiger partial charge in [-0.05, 0) is 73.9 Å². The van der Waals surface area contributed by atoms with Crippen LogP contribution >= 0.6 is 11.3 Å². The normalized spacial score (nSPS) is 15.6. The molecule has 0 bridgehead atoms. The molecule has 1 aliphatic heterocycles. The van der Waals surface area contributed by atoms with Crippen molar-refractivity contribution < 1.29 is 0 Å². The van der Waals surface area contributed by atoms with E-state index in [4.69, 9.17) is 15.0 Å². The monoisotopic (exact) mass is 491 g/mol. The number of allylic oxidation sites excluding steroid dienone is 7. The highest BCUT2D eigenvalue weighted by molar-refractivity contribution is 7.11. The number of aromatic amines is 1. The van der Waals surface area contributed by atoms with Crippen molar-refractivity contribution in [1.29, 1.82) is 0 Å². The summed E-state index contributed by atoms with van der Waals surface area (Å²) in [6.07, 6.45) is 12.1. The summed E-state index contributed by atoms with van der Waals surface area (Å²) in [4.78, 5) is 19.1. The Morgan fingerprint density at radius 2 is 2.03 bits per heavy atom. The number of aromatic nitrogens is 3. The lowest BCUT2D eigenvalue weighted by Crippen LogP contribution is -2.16. The smallest absolute Gasteiger partial charge is 0.159 e. The van der Waals surface area contributed by atoms with Crippen LogP contribution in [0.25, 0.3) is 11.1 Å². The number of pyridine rings is 1. The van der Waals surface area contributed by atoms with Crippen LogP contribution in [0.15, 0.2) is 96.1 Å². The summed E-state index contributed by atoms with van der Waals surface area (Å²) in [6, 6.07) is 8.14. The lowest BCUT2D eigenvalue weighted by molar-refractivity contribution is 0.865. The molecule has 5 rings (SSSR count). The van der Waals surface area contributed by atoms with Crippen molar-refractivity contribution in [1.82, 2.24) is 20.3 Å². The maximum absolute atomic E-state index is 4.96. The van der Waals surface area contributed by atoms with Crippen LogP contribution in [-0.4, -0.2) is 20.7 Å². The molecule has 5 nitrogen and oxygen atoms in total. The predicted molar refractivity (Wildman–Crippen MR) is 151 cm³/mol. The Labute approximate surface area is 216 Å². The first-order chi connectivity index (χ1) is 17.5. The minimum absolute atomic E-state index is 0.569. The first-order valence-electron chi connectivity index (χ1n) is 12.0. The van der Waals surface area contributed by atoms with Gasteiger partial charge in [0.2, 0.25) is 0 Å². The number of thiophene rings is 1. The molecule has 3 aromatic rings. The Morgan fingerprint density at radius 1 is 1.19 bits per heavy atom. The average molecular weight is 492 g/mol. The molecule has 36 heavy (non-hydrogen) atoms. The van der Waals surface area contributed by atoms with Gasteiger partial charge in [0.05, 0.1) is 17.1 Å². The van der Waals surface area contributed by atoms with E-state index in [1.807, 2.05) is 44.2 Å². The molecule has 6 heteroatoms. The van der Waals surface area contributed by atoms with Crippen LogP contribution in [0.2, 0.25) is 0 Å². The summed E-state index contributed by atoms with van der Waals surface area (Å²) in [5, 5.41) is 5.47. The van der Waals surface area contributed by atoms with E-state index in [1.165, 1.54) is 12.8 Å². The van der Waals surface area contributed by atoms with Crippen LogP contribution in [0.4, 0.5) is 5.69 Å². The topological polar surface area (TPSA) is 66.0 Å². The number of nitrogens with zero attached hydrogens (tertiary/aromatic N) is 3.